The summed E-state index contributed by atoms with van der Waals surface area (Å²) in [4.78, 5) is 4.27. The number of rotatable bonds is 6. The predicted molar refractivity (Wildman–Crippen MR) is 92.7 cm³/mol. The molecule has 0 radical (unpaired) electrons. The normalized spacial score (nSPS) is 12.6. The molecule has 1 atom stereocenters. The molecule has 0 aliphatic heterocycles. The molecule has 1 aromatic carbocycles. The lowest BCUT2D eigenvalue weighted by atomic mass is 9.91. The molecule has 0 spiro atoms. The Morgan fingerprint density at radius 3 is 2.48 bits per heavy atom. The third-order valence-electron chi connectivity index (χ3n) is 3.56. The molecule has 0 amide bonds. The molecule has 2 aromatic rings. The summed E-state index contributed by atoms with van der Waals surface area (Å²) in [5.41, 5.74) is 3.95. The van der Waals surface area contributed by atoms with E-state index in [4.69, 9.17) is 0 Å². The van der Waals surface area contributed by atoms with Gasteiger partial charge in [0.25, 0.3) is 0 Å². The van der Waals surface area contributed by atoms with E-state index in [1.165, 1.54) is 16.7 Å². The molecule has 1 unspecified atom stereocenters. The van der Waals surface area contributed by atoms with Crippen LogP contribution >= 0.6 is 15.9 Å². The number of aryl methyl sites for hydroxylation is 1. The second-order valence-electron chi connectivity index (χ2n) is 5.89. The van der Waals surface area contributed by atoms with Crippen molar-refractivity contribution in [1.82, 2.24) is 10.3 Å². The summed E-state index contributed by atoms with van der Waals surface area (Å²) in [6.07, 6.45) is 4.79. The minimum Gasteiger partial charge on any atom is -0.314 e. The van der Waals surface area contributed by atoms with E-state index in [0.717, 1.165) is 17.4 Å². The molecule has 2 rings (SSSR count). The summed E-state index contributed by atoms with van der Waals surface area (Å²) in [6.45, 7) is 7.48. The van der Waals surface area contributed by atoms with E-state index < -0.39 is 0 Å². The van der Waals surface area contributed by atoms with E-state index in [1.807, 2.05) is 12.4 Å². The number of nitrogens with one attached hydrogen (secondary N) is 1. The van der Waals surface area contributed by atoms with Gasteiger partial charge in [-0.25, -0.2) is 0 Å². The van der Waals surface area contributed by atoms with Gasteiger partial charge in [0.2, 0.25) is 0 Å². The van der Waals surface area contributed by atoms with Crippen molar-refractivity contribution in [2.24, 2.45) is 0 Å². The maximum Gasteiger partial charge on any atom is 0.0410 e. The SMILES string of the molecule is Cc1ccc(C(CNC(C)C)Cc2cncc(Br)c2)cc1. The van der Waals surface area contributed by atoms with Crippen LogP contribution in [0.2, 0.25) is 0 Å². The Morgan fingerprint density at radius 2 is 1.86 bits per heavy atom. The van der Waals surface area contributed by atoms with Crippen LogP contribution < -0.4 is 5.32 Å². The largest absolute Gasteiger partial charge is 0.314 e. The molecule has 0 saturated carbocycles. The molecule has 0 bridgehead atoms. The first-order chi connectivity index (χ1) is 10.0. The van der Waals surface area contributed by atoms with E-state index >= 15 is 0 Å². The first kappa shape index (κ1) is 16.2. The Morgan fingerprint density at radius 1 is 1.14 bits per heavy atom. The smallest absolute Gasteiger partial charge is 0.0410 e. The van der Waals surface area contributed by atoms with Gasteiger partial charge in [0.1, 0.15) is 0 Å². The van der Waals surface area contributed by atoms with Crippen LogP contribution in [0.5, 0.6) is 0 Å². The highest BCUT2D eigenvalue weighted by atomic mass is 79.9. The van der Waals surface area contributed by atoms with Crippen LogP contribution in [0, 0.1) is 6.92 Å². The van der Waals surface area contributed by atoms with Crippen molar-refractivity contribution in [1.29, 1.82) is 0 Å². The van der Waals surface area contributed by atoms with Crippen LogP contribution in [0.25, 0.3) is 0 Å². The average Bonchev–Trinajstić information content (AvgIpc) is 2.44. The monoisotopic (exact) mass is 346 g/mol. The number of aromatic nitrogens is 1. The molecule has 0 fully saturated rings. The fourth-order valence-corrected chi connectivity index (χ4v) is 2.79. The Kier molecular flexibility index (Phi) is 5.95. The molecular weight excluding hydrogens is 324 g/mol. The fourth-order valence-electron chi connectivity index (χ4n) is 2.38. The topological polar surface area (TPSA) is 24.9 Å². The van der Waals surface area contributed by atoms with Crippen LogP contribution in [0.15, 0.2) is 47.2 Å². The maximum atomic E-state index is 4.27. The number of hydrogen-bond acceptors (Lipinski definition) is 2. The average molecular weight is 347 g/mol. The summed E-state index contributed by atoms with van der Waals surface area (Å²) in [5, 5.41) is 3.56. The van der Waals surface area contributed by atoms with Crippen LogP contribution in [-0.2, 0) is 6.42 Å². The van der Waals surface area contributed by atoms with Gasteiger partial charge in [-0.05, 0) is 46.5 Å². The lowest BCUT2D eigenvalue weighted by Crippen LogP contribution is -2.29. The van der Waals surface area contributed by atoms with Crippen LogP contribution in [0.4, 0.5) is 0 Å². The number of benzene rings is 1. The molecule has 2 nitrogen and oxygen atoms in total. The highest BCUT2D eigenvalue weighted by molar-refractivity contribution is 9.10. The third kappa shape index (κ3) is 5.25. The molecule has 0 saturated heterocycles. The molecule has 0 aliphatic carbocycles. The van der Waals surface area contributed by atoms with E-state index in [2.05, 4.69) is 77.3 Å². The molecule has 112 valence electrons. The fraction of sp³-hybridized carbons (Fsp3) is 0.389. The zero-order chi connectivity index (χ0) is 15.2. The van der Waals surface area contributed by atoms with E-state index in [0.29, 0.717) is 12.0 Å². The van der Waals surface area contributed by atoms with Crippen LogP contribution in [0.1, 0.15) is 36.5 Å². The number of pyridine rings is 1. The summed E-state index contributed by atoms with van der Waals surface area (Å²) in [5.74, 6) is 0.462. The Labute approximate surface area is 136 Å². The van der Waals surface area contributed by atoms with Gasteiger partial charge in [0.05, 0.1) is 0 Å². The van der Waals surface area contributed by atoms with Crippen LogP contribution in [0.3, 0.4) is 0 Å². The zero-order valence-corrected chi connectivity index (χ0v) is 14.5. The highest BCUT2D eigenvalue weighted by Crippen LogP contribution is 2.22. The van der Waals surface area contributed by atoms with Crippen molar-refractivity contribution < 1.29 is 0 Å². The van der Waals surface area contributed by atoms with Gasteiger partial charge in [-0.1, -0.05) is 43.7 Å². The predicted octanol–water partition coefficient (Wildman–Crippen LogP) is 4.48. The van der Waals surface area contributed by atoms with Gasteiger partial charge in [-0.2, -0.15) is 0 Å². The minimum absolute atomic E-state index is 0.462. The molecule has 1 aromatic heterocycles. The first-order valence-corrected chi connectivity index (χ1v) is 8.23. The van der Waals surface area contributed by atoms with Crippen LogP contribution in [-0.4, -0.2) is 17.6 Å². The van der Waals surface area contributed by atoms with Crippen molar-refractivity contribution in [2.45, 2.75) is 39.2 Å². The molecule has 3 heteroatoms. The van der Waals surface area contributed by atoms with E-state index in [1.54, 1.807) is 0 Å². The standard InChI is InChI=1S/C18H23BrN2/c1-13(2)21-11-17(16-6-4-14(3)5-7-16)8-15-9-18(19)12-20-10-15/h4-7,9-10,12-13,17,21H,8,11H2,1-3H3. The maximum absolute atomic E-state index is 4.27. The molecular formula is C18H23BrN2. The number of nitrogens with zero attached hydrogens (tertiary/aromatic N) is 1. The Hall–Kier alpha value is -1.19. The molecule has 0 aliphatic rings. The highest BCUT2D eigenvalue weighted by Gasteiger charge is 2.13. The van der Waals surface area contributed by atoms with E-state index in [9.17, 15) is 0 Å². The van der Waals surface area contributed by atoms with Crippen molar-refractivity contribution in [3.63, 3.8) is 0 Å². The molecule has 1 heterocycles. The summed E-state index contributed by atoms with van der Waals surface area (Å²) in [7, 11) is 0. The second kappa shape index (κ2) is 7.71. The van der Waals surface area contributed by atoms with Crippen molar-refractivity contribution >= 4 is 15.9 Å². The lowest BCUT2D eigenvalue weighted by Gasteiger charge is -2.20. The minimum atomic E-state index is 0.462. The van der Waals surface area contributed by atoms with Gasteiger partial charge in [0.15, 0.2) is 0 Å². The molecule has 21 heavy (non-hydrogen) atoms. The van der Waals surface area contributed by atoms with Crippen molar-refractivity contribution in [3.8, 4) is 0 Å². The number of hydrogen-bond donors (Lipinski definition) is 1. The van der Waals surface area contributed by atoms with Crippen molar-refractivity contribution in [2.75, 3.05) is 6.54 Å². The van der Waals surface area contributed by atoms with Crippen molar-refractivity contribution in [3.05, 3.63) is 63.9 Å². The van der Waals surface area contributed by atoms with Gasteiger partial charge < -0.3 is 5.32 Å². The third-order valence-corrected chi connectivity index (χ3v) is 4.00. The van der Waals surface area contributed by atoms with Gasteiger partial charge >= 0.3 is 0 Å². The van der Waals surface area contributed by atoms with E-state index in [-0.39, 0.29) is 0 Å². The molecule has 1 N–H and O–H groups in total. The number of halogens is 1. The quantitative estimate of drug-likeness (QED) is 0.834. The summed E-state index contributed by atoms with van der Waals surface area (Å²) in [6, 6.07) is 11.5. The second-order valence-corrected chi connectivity index (χ2v) is 6.80. The summed E-state index contributed by atoms with van der Waals surface area (Å²) >= 11 is 3.50. The summed E-state index contributed by atoms with van der Waals surface area (Å²) < 4.78 is 1.04. The lowest BCUT2D eigenvalue weighted by molar-refractivity contribution is 0.526. The Bertz CT molecular complexity index is 564. The van der Waals surface area contributed by atoms with Gasteiger partial charge in [0, 0.05) is 35.4 Å². The zero-order valence-electron chi connectivity index (χ0n) is 12.9. The first-order valence-electron chi connectivity index (χ1n) is 7.44. The van der Waals surface area contributed by atoms with Gasteiger partial charge in [-0.15, -0.1) is 0 Å². The Balaban J connectivity index is 2.17. The van der Waals surface area contributed by atoms with Gasteiger partial charge in [-0.3, -0.25) is 4.98 Å².